The molecule has 2 rings (SSSR count). The summed E-state index contributed by atoms with van der Waals surface area (Å²) < 4.78 is 29.3. The molecule has 0 radical (unpaired) electrons. The average molecular weight is 270 g/mol. The van der Waals surface area contributed by atoms with Gasteiger partial charge in [-0.25, -0.2) is 4.39 Å². The van der Waals surface area contributed by atoms with Gasteiger partial charge in [0.05, 0.1) is 26.9 Å². The van der Waals surface area contributed by atoms with Gasteiger partial charge in [-0.15, -0.1) is 0 Å². The predicted octanol–water partition coefficient (Wildman–Crippen LogP) is 1.97. The molecule has 0 aromatic heterocycles. The molecule has 0 saturated heterocycles. The van der Waals surface area contributed by atoms with Crippen LogP contribution in [0.1, 0.15) is 18.4 Å². The molecule has 0 aliphatic heterocycles. The Hall–Kier alpha value is -1.98. The van der Waals surface area contributed by atoms with Gasteiger partial charge < -0.3 is 19.3 Å². The van der Waals surface area contributed by atoms with Crippen molar-refractivity contribution < 1.29 is 28.5 Å². The second-order valence-corrected chi connectivity index (χ2v) is 4.39. The van der Waals surface area contributed by atoms with Crippen LogP contribution in [0.2, 0.25) is 0 Å². The first-order valence-electron chi connectivity index (χ1n) is 5.74. The van der Waals surface area contributed by atoms with E-state index in [1.165, 1.54) is 21.3 Å². The van der Waals surface area contributed by atoms with Gasteiger partial charge in [0.25, 0.3) is 0 Å². The van der Waals surface area contributed by atoms with Gasteiger partial charge in [0.1, 0.15) is 5.41 Å². The van der Waals surface area contributed by atoms with Crippen LogP contribution >= 0.6 is 0 Å². The van der Waals surface area contributed by atoms with E-state index in [-0.39, 0.29) is 22.8 Å². The van der Waals surface area contributed by atoms with Crippen molar-refractivity contribution in [1.82, 2.24) is 0 Å². The Labute approximate surface area is 109 Å². The normalized spacial score (nSPS) is 15.8. The fourth-order valence-electron chi connectivity index (χ4n) is 2.28. The molecule has 104 valence electrons. The Balaban J connectivity index is 2.75. The zero-order chi connectivity index (χ0) is 14.2. The molecule has 19 heavy (non-hydrogen) atoms. The molecule has 0 amide bonds. The van der Waals surface area contributed by atoms with Crippen LogP contribution in [0.5, 0.6) is 17.2 Å². The molecular weight excluding hydrogens is 255 g/mol. The van der Waals surface area contributed by atoms with Crippen LogP contribution in [0, 0.1) is 5.82 Å². The fraction of sp³-hybridized carbons (Fsp3) is 0.462. The maximum atomic E-state index is 14.0. The average Bonchev–Trinajstić information content (AvgIpc) is 3.18. The van der Waals surface area contributed by atoms with E-state index in [2.05, 4.69) is 0 Å². The molecule has 1 aromatic carbocycles. The summed E-state index contributed by atoms with van der Waals surface area (Å²) >= 11 is 0. The number of aliphatic carboxylic acids is 1. The molecule has 0 heterocycles. The number of hydrogen-bond donors (Lipinski definition) is 1. The Morgan fingerprint density at radius 1 is 1.21 bits per heavy atom. The van der Waals surface area contributed by atoms with Gasteiger partial charge in [0.2, 0.25) is 0 Å². The second-order valence-electron chi connectivity index (χ2n) is 4.39. The largest absolute Gasteiger partial charge is 0.493 e. The second kappa shape index (κ2) is 4.60. The molecule has 1 saturated carbocycles. The summed E-state index contributed by atoms with van der Waals surface area (Å²) in [6.07, 6.45) is 0.837. The third-order valence-corrected chi connectivity index (χ3v) is 3.42. The van der Waals surface area contributed by atoms with Crippen molar-refractivity contribution in [3.05, 3.63) is 17.4 Å². The van der Waals surface area contributed by atoms with Crippen LogP contribution in [0.4, 0.5) is 4.39 Å². The zero-order valence-corrected chi connectivity index (χ0v) is 10.9. The summed E-state index contributed by atoms with van der Waals surface area (Å²) in [5.41, 5.74) is -0.937. The topological polar surface area (TPSA) is 65.0 Å². The Morgan fingerprint density at radius 2 is 1.79 bits per heavy atom. The molecule has 0 bridgehead atoms. The summed E-state index contributed by atoms with van der Waals surface area (Å²) in [6.45, 7) is 0. The summed E-state index contributed by atoms with van der Waals surface area (Å²) in [5, 5.41) is 9.38. The predicted molar refractivity (Wildman–Crippen MR) is 64.6 cm³/mol. The molecule has 1 aromatic rings. The van der Waals surface area contributed by atoms with Crippen molar-refractivity contribution in [2.45, 2.75) is 18.3 Å². The van der Waals surface area contributed by atoms with Crippen LogP contribution in [-0.4, -0.2) is 32.4 Å². The number of ether oxygens (including phenoxy) is 3. The Bertz CT molecular complexity index is 522. The monoisotopic (exact) mass is 270 g/mol. The maximum Gasteiger partial charge on any atom is 0.314 e. The standard InChI is InChI=1S/C13H15FO5/c1-17-8-6-7(14)10(18-2)9(11(8)19-3)13(4-5-13)12(15)16/h6H,4-5H2,1-3H3,(H,15,16). The molecule has 0 unspecified atom stereocenters. The van der Waals surface area contributed by atoms with Crippen molar-refractivity contribution in [2.24, 2.45) is 0 Å². The van der Waals surface area contributed by atoms with Gasteiger partial charge in [-0.3, -0.25) is 4.79 Å². The zero-order valence-electron chi connectivity index (χ0n) is 10.9. The number of rotatable bonds is 5. The first kappa shape index (κ1) is 13.5. The number of carbonyl (C=O) groups is 1. The van der Waals surface area contributed by atoms with Gasteiger partial charge >= 0.3 is 5.97 Å². The molecule has 0 spiro atoms. The molecule has 1 aliphatic rings. The quantitative estimate of drug-likeness (QED) is 0.886. The number of carboxylic acid groups (broad SMARTS) is 1. The number of hydrogen-bond acceptors (Lipinski definition) is 4. The van der Waals surface area contributed by atoms with Gasteiger partial charge in [0, 0.05) is 6.07 Å². The third kappa shape index (κ3) is 1.87. The van der Waals surface area contributed by atoms with E-state index in [9.17, 15) is 14.3 Å². The molecule has 1 aliphatic carbocycles. The first-order chi connectivity index (χ1) is 9.01. The lowest BCUT2D eigenvalue weighted by molar-refractivity contribution is -0.140. The van der Waals surface area contributed by atoms with Crippen molar-refractivity contribution >= 4 is 5.97 Å². The van der Waals surface area contributed by atoms with E-state index in [0.717, 1.165) is 6.07 Å². The van der Waals surface area contributed by atoms with Crippen molar-refractivity contribution in [3.8, 4) is 17.2 Å². The van der Waals surface area contributed by atoms with Crippen LogP contribution in [0.3, 0.4) is 0 Å². The van der Waals surface area contributed by atoms with Gasteiger partial charge in [-0.1, -0.05) is 0 Å². The summed E-state index contributed by atoms with van der Waals surface area (Å²) in [6, 6.07) is 1.12. The molecule has 1 fully saturated rings. The van der Waals surface area contributed by atoms with Crippen molar-refractivity contribution in [2.75, 3.05) is 21.3 Å². The molecule has 1 N–H and O–H groups in total. The van der Waals surface area contributed by atoms with E-state index in [4.69, 9.17) is 14.2 Å². The maximum absolute atomic E-state index is 14.0. The van der Waals surface area contributed by atoms with E-state index in [1.54, 1.807) is 0 Å². The van der Waals surface area contributed by atoms with E-state index in [1.807, 2.05) is 0 Å². The smallest absolute Gasteiger partial charge is 0.314 e. The van der Waals surface area contributed by atoms with Crippen LogP contribution in [0.25, 0.3) is 0 Å². The lowest BCUT2D eigenvalue weighted by atomic mass is 9.93. The minimum atomic E-state index is -1.15. The highest BCUT2D eigenvalue weighted by atomic mass is 19.1. The molecular formula is C13H15FO5. The van der Waals surface area contributed by atoms with Crippen LogP contribution in [0.15, 0.2) is 6.07 Å². The highest BCUT2D eigenvalue weighted by Gasteiger charge is 2.56. The fourth-order valence-corrected chi connectivity index (χ4v) is 2.28. The van der Waals surface area contributed by atoms with Gasteiger partial charge in [-0.05, 0) is 12.8 Å². The lowest BCUT2D eigenvalue weighted by Crippen LogP contribution is -2.22. The van der Waals surface area contributed by atoms with E-state index in [0.29, 0.717) is 12.8 Å². The van der Waals surface area contributed by atoms with Crippen LogP contribution < -0.4 is 14.2 Å². The Kier molecular flexibility index (Phi) is 3.26. The highest BCUT2D eigenvalue weighted by Crippen LogP contribution is 2.57. The number of methoxy groups -OCH3 is 3. The van der Waals surface area contributed by atoms with Crippen LogP contribution in [-0.2, 0) is 10.2 Å². The summed E-state index contributed by atoms with van der Waals surface area (Å²) in [4.78, 5) is 11.5. The van der Waals surface area contributed by atoms with Crippen molar-refractivity contribution in [3.63, 3.8) is 0 Å². The minimum Gasteiger partial charge on any atom is -0.493 e. The number of halogens is 1. The molecule has 0 atom stereocenters. The van der Waals surface area contributed by atoms with Gasteiger partial charge in [0.15, 0.2) is 23.1 Å². The minimum absolute atomic E-state index is 0.0995. The molecule has 5 nitrogen and oxygen atoms in total. The van der Waals surface area contributed by atoms with Crippen molar-refractivity contribution in [1.29, 1.82) is 0 Å². The van der Waals surface area contributed by atoms with Gasteiger partial charge in [-0.2, -0.15) is 0 Å². The molecule has 6 heteroatoms. The third-order valence-electron chi connectivity index (χ3n) is 3.42. The Morgan fingerprint density at radius 3 is 2.16 bits per heavy atom. The first-order valence-corrected chi connectivity index (χ1v) is 5.74. The lowest BCUT2D eigenvalue weighted by Gasteiger charge is -2.21. The summed E-state index contributed by atoms with van der Waals surface area (Å²) in [7, 11) is 4.05. The number of benzene rings is 1. The summed E-state index contributed by atoms with van der Waals surface area (Å²) in [5.74, 6) is -1.42. The highest BCUT2D eigenvalue weighted by molar-refractivity contribution is 5.88. The van der Waals surface area contributed by atoms with E-state index >= 15 is 0 Å². The number of carboxylic acids is 1. The SMILES string of the molecule is COc1cc(F)c(OC)c(C2(C(=O)O)CC2)c1OC. The van der Waals surface area contributed by atoms with E-state index < -0.39 is 17.2 Å².